The van der Waals surface area contributed by atoms with Crippen molar-refractivity contribution in [3.8, 4) is 0 Å². The van der Waals surface area contributed by atoms with Crippen molar-refractivity contribution in [3.63, 3.8) is 0 Å². The summed E-state index contributed by atoms with van der Waals surface area (Å²) < 4.78 is 0. The van der Waals surface area contributed by atoms with Crippen LogP contribution in [-0.2, 0) is 6.42 Å². The van der Waals surface area contributed by atoms with Crippen molar-refractivity contribution in [2.24, 2.45) is 5.92 Å². The quantitative estimate of drug-likeness (QED) is 0.832. The maximum absolute atomic E-state index is 10.2. The third-order valence-corrected chi connectivity index (χ3v) is 4.27. The van der Waals surface area contributed by atoms with Gasteiger partial charge in [0, 0.05) is 10.8 Å². The molecule has 1 heterocycles. The summed E-state index contributed by atoms with van der Waals surface area (Å²) in [5.41, 5.74) is 1.43. The van der Waals surface area contributed by atoms with Crippen molar-refractivity contribution in [2.45, 2.75) is 51.6 Å². The predicted molar refractivity (Wildman–Crippen MR) is 65.5 cm³/mol. The molecule has 0 bridgehead atoms. The number of aryl methyl sites for hydroxylation is 1. The largest absolute Gasteiger partial charge is 0.392 e. The van der Waals surface area contributed by atoms with Crippen LogP contribution in [0.15, 0.2) is 11.4 Å². The highest BCUT2D eigenvalue weighted by molar-refractivity contribution is 7.10. The van der Waals surface area contributed by atoms with Gasteiger partial charge in [-0.15, -0.1) is 11.3 Å². The molecule has 1 N–H and O–H groups in total. The zero-order chi connectivity index (χ0) is 10.8. The van der Waals surface area contributed by atoms with Gasteiger partial charge in [-0.05, 0) is 48.6 Å². The minimum Gasteiger partial charge on any atom is -0.392 e. The predicted octanol–water partition coefficient (Wildman–Crippen LogP) is 3.58. The van der Waals surface area contributed by atoms with Crippen LogP contribution in [0.2, 0.25) is 0 Å². The third-order valence-electron chi connectivity index (χ3n) is 3.28. The van der Waals surface area contributed by atoms with E-state index in [2.05, 4.69) is 25.3 Å². The van der Waals surface area contributed by atoms with Gasteiger partial charge in [0.05, 0.1) is 6.10 Å². The normalized spacial score (nSPS) is 22.8. The van der Waals surface area contributed by atoms with Crippen LogP contribution in [0, 0.1) is 5.92 Å². The summed E-state index contributed by atoms with van der Waals surface area (Å²) in [5.74, 6) is 0.992. The van der Waals surface area contributed by atoms with E-state index in [1.54, 1.807) is 0 Å². The molecule has 1 aromatic heterocycles. The number of hydrogen-bond donors (Lipinski definition) is 1. The average Bonchev–Trinajstić information content (AvgIpc) is 2.63. The van der Waals surface area contributed by atoms with Crippen LogP contribution in [0.3, 0.4) is 0 Å². The molecule has 2 rings (SSSR count). The monoisotopic (exact) mass is 224 g/mol. The lowest BCUT2D eigenvalue weighted by molar-refractivity contribution is 0.112. The summed E-state index contributed by atoms with van der Waals surface area (Å²) in [6.07, 6.45) is 4.42. The summed E-state index contributed by atoms with van der Waals surface area (Å²) >= 11 is 1.85. The highest BCUT2D eigenvalue weighted by atomic mass is 32.1. The van der Waals surface area contributed by atoms with Gasteiger partial charge in [-0.2, -0.15) is 0 Å². The Labute approximate surface area is 96.1 Å². The van der Waals surface area contributed by atoms with Crippen LogP contribution in [0.25, 0.3) is 0 Å². The van der Waals surface area contributed by atoms with E-state index in [-0.39, 0.29) is 6.10 Å². The van der Waals surface area contributed by atoms with Crippen molar-refractivity contribution in [1.82, 2.24) is 0 Å². The second-order valence-corrected chi connectivity index (χ2v) is 6.00. The van der Waals surface area contributed by atoms with Gasteiger partial charge in [-0.3, -0.25) is 0 Å². The van der Waals surface area contributed by atoms with E-state index in [0.29, 0.717) is 11.8 Å². The standard InChI is InChI=1S/C13H20OS/c1-9(2)8-12(14)10-4-3-5-13-11(10)6-7-15-13/h6-7,9-10,12,14H,3-5,8H2,1-2H3. The first-order valence-corrected chi connectivity index (χ1v) is 6.80. The summed E-state index contributed by atoms with van der Waals surface area (Å²) in [6, 6.07) is 2.22. The topological polar surface area (TPSA) is 20.2 Å². The molecule has 0 aromatic carbocycles. The average molecular weight is 224 g/mol. The molecule has 1 aliphatic rings. The number of fused-ring (bicyclic) bond motifs is 1. The molecule has 0 spiro atoms. The second kappa shape index (κ2) is 4.67. The Morgan fingerprint density at radius 3 is 3.07 bits per heavy atom. The zero-order valence-electron chi connectivity index (χ0n) is 9.57. The third kappa shape index (κ3) is 2.43. The van der Waals surface area contributed by atoms with Gasteiger partial charge in [0.2, 0.25) is 0 Å². The minimum atomic E-state index is -0.140. The Morgan fingerprint density at radius 1 is 1.53 bits per heavy atom. The van der Waals surface area contributed by atoms with E-state index >= 15 is 0 Å². The summed E-state index contributed by atoms with van der Waals surface area (Å²) in [5, 5.41) is 12.4. The van der Waals surface area contributed by atoms with E-state index in [4.69, 9.17) is 0 Å². The number of rotatable bonds is 3. The maximum Gasteiger partial charge on any atom is 0.0611 e. The van der Waals surface area contributed by atoms with Gasteiger partial charge < -0.3 is 5.11 Å². The van der Waals surface area contributed by atoms with E-state index in [9.17, 15) is 5.11 Å². The maximum atomic E-state index is 10.2. The SMILES string of the molecule is CC(C)CC(O)C1CCCc2sccc21. The molecule has 1 aromatic rings. The fraction of sp³-hybridized carbons (Fsp3) is 0.692. The van der Waals surface area contributed by atoms with Crippen LogP contribution in [0.1, 0.15) is 49.5 Å². The summed E-state index contributed by atoms with van der Waals surface area (Å²) in [6.45, 7) is 4.36. The van der Waals surface area contributed by atoms with Crippen LogP contribution >= 0.6 is 11.3 Å². The minimum absolute atomic E-state index is 0.140. The molecule has 0 amide bonds. The van der Waals surface area contributed by atoms with Crippen LogP contribution < -0.4 is 0 Å². The number of aliphatic hydroxyl groups excluding tert-OH is 1. The van der Waals surface area contributed by atoms with Crippen molar-refractivity contribution in [3.05, 3.63) is 21.9 Å². The molecule has 2 atom stereocenters. The number of thiophene rings is 1. The molecule has 84 valence electrons. The lowest BCUT2D eigenvalue weighted by Crippen LogP contribution is -2.23. The highest BCUT2D eigenvalue weighted by Gasteiger charge is 2.27. The molecule has 2 unspecified atom stereocenters. The van der Waals surface area contributed by atoms with E-state index in [0.717, 1.165) is 12.8 Å². The van der Waals surface area contributed by atoms with Crippen molar-refractivity contribution < 1.29 is 5.11 Å². The van der Waals surface area contributed by atoms with Crippen LogP contribution in [-0.4, -0.2) is 11.2 Å². The summed E-state index contributed by atoms with van der Waals surface area (Å²) in [4.78, 5) is 1.51. The van der Waals surface area contributed by atoms with Crippen LogP contribution in [0.4, 0.5) is 0 Å². The van der Waals surface area contributed by atoms with Gasteiger partial charge in [-0.1, -0.05) is 13.8 Å². The Balaban J connectivity index is 2.11. The molecule has 0 aliphatic heterocycles. The van der Waals surface area contributed by atoms with Crippen molar-refractivity contribution in [1.29, 1.82) is 0 Å². The van der Waals surface area contributed by atoms with Gasteiger partial charge in [-0.25, -0.2) is 0 Å². The molecule has 1 aliphatic carbocycles. The van der Waals surface area contributed by atoms with Crippen molar-refractivity contribution in [2.75, 3.05) is 0 Å². The first-order valence-electron chi connectivity index (χ1n) is 5.93. The van der Waals surface area contributed by atoms with E-state index in [1.165, 1.54) is 23.3 Å². The van der Waals surface area contributed by atoms with Gasteiger partial charge in [0.25, 0.3) is 0 Å². The smallest absolute Gasteiger partial charge is 0.0611 e. The fourth-order valence-electron chi connectivity index (χ4n) is 2.57. The molecule has 0 fully saturated rings. The Hall–Kier alpha value is -0.340. The molecule has 0 saturated heterocycles. The number of hydrogen-bond acceptors (Lipinski definition) is 2. The first kappa shape index (κ1) is 11.2. The summed E-state index contributed by atoms with van der Waals surface area (Å²) in [7, 11) is 0. The van der Waals surface area contributed by atoms with Crippen molar-refractivity contribution >= 4 is 11.3 Å². The lowest BCUT2D eigenvalue weighted by atomic mass is 9.81. The van der Waals surface area contributed by atoms with Gasteiger partial charge >= 0.3 is 0 Å². The number of aliphatic hydroxyl groups is 1. The van der Waals surface area contributed by atoms with E-state index < -0.39 is 0 Å². The zero-order valence-corrected chi connectivity index (χ0v) is 10.4. The molecular weight excluding hydrogens is 204 g/mol. The lowest BCUT2D eigenvalue weighted by Gasteiger charge is -2.28. The van der Waals surface area contributed by atoms with Gasteiger partial charge in [0.15, 0.2) is 0 Å². The molecule has 0 radical (unpaired) electrons. The van der Waals surface area contributed by atoms with E-state index in [1.807, 2.05) is 11.3 Å². The molecule has 2 heteroatoms. The Bertz CT molecular complexity index is 316. The van der Waals surface area contributed by atoms with Gasteiger partial charge in [0.1, 0.15) is 0 Å². The first-order chi connectivity index (χ1) is 7.18. The van der Waals surface area contributed by atoms with Crippen LogP contribution in [0.5, 0.6) is 0 Å². The molecule has 1 nitrogen and oxygen atoms in total. The molecule has 0 saturated carbocycles. The second-order valence-electron chi connectivity index (χ2n) is 4.99. The Morgan fingerprint density at radius 2 is 2.33 bits per heavy atom. The Kier molecular flexibility index (Phi) is 3.47. The molecule has 15 heavy (non-hydrogen) atoms. The molecular formula is C13H20OS. The highest BCUT2D eigenvalue weighted by Crippen LogP contribution is 2.38. The fourth-order valence-corrected chi connectivity index (χ4v) is 3.57.